The van der Waals surface area contributed by atoms with Crippen LogP contribution >= 0.6 is 0 Å². The lowest BCUT2D eigenvalue weighted by molar-refractivity contribution is 0.00485. The van der Waals surface area contributed by atoms with E-state index in [0.717, 1.165) is 12.5 Å². The molecule has 2 unspecified atom stereocenters. The van der Waals surface area contributed by atoms with Gasteiger partial charge in [-0.05, 0) is 45.1 Å². The SMILES string of the molecule is CNC(CC1CC1)CC1CCCCO1. The molecule has 1 aliphatic heterocycles. The first-order chi connectivity index (χ1) is 6.88. The highest BCUT2D eigenvalue weighted by Crippen LogP contribution is 2.34. The van der Waals surface area contributed by atoms with Crippen LogP contribution in [0.15, 0.2) is 0 Å². The number of hydrogen-bond acceptors (Lipinski definition) is 2. The summed E-state index contributed by atoms with van der Waals surface area (Å²) in [5.74, 6) is 1.02. The van der Waals surface area contributed by atoms with Gasteiger partial charge in [-0.25, -0.2) is 0 Å². The molecule has 0 spiro atoms. The summed E-state index contributed by atoms with van der Waals surface area (Å²) in [6.45, 7) is 0.991. The Morgan fingerprint density at radius 2 is 2.07 bits per heavy atom. The maximum absolute atomic E-state index is 5.77. The van der Waals surface area contributed by atoms with Crippen molar-refractivity contribution in [3.63, 3.8) is 0 Å². The van der Waals surface area contributed by atoms with E-state index in [4.69, 9.17) is 4.74 Å². The van der Waals surface area contributed by atoms with Crippen LogP contribution in [0.2, 0.25) is 0 Å². The first-order valence-electron chi connectivity index (χ1n) is 6.17. The van der Waals surface area contributed by atoms with E-state index < -0.39 is 0 Å². The van der Waals surface area contributed by atoms with E-state index in [0.29, 0.717) is 12.1 Å². The average molecular weight is 197 g/mol. The van der Waals surface area contributed by atoms with Gasteiger partial charge in [0, 0.05) is 12.6 Å². The molecule has 2 nitrogen and oxygen atoms in total. The van der Waals surface area contributed by atoms with Crippen LogP contribution in [-0.4, -0.2) is 25.8 Å². The van der Waals surface area contributed by atoms with E-state index in [2.05, 4.69) is 12.4 Å². The Bertz CT molecular complexity index is 162. The second kappa shape index (κ2) is 5.13. The van der Waals surface area contributed by atoms with Crippen molar-refractivity contribution in [2.24, 2.45) is 5.92 Å². The molecule has 0 aromatic carbocycles. The van der Waals surface area contributed by atoms with Crippen LogP contribution < -0.4 is 5.32 Å². The molecule has 0 bridgehead atoms. The predicted molar refractivity (Wildman–Crippen MR) is 58.4 cm³/mol. The molecule has 82 valence electrons. The third-order valence-electron chi connectivity index (χ3n) is 3.54. The highest BCUT2D eigenvalue weighted by Gasteiger charge is 2.26. The van der Waals surface area contributed by atoms with Crippen molar-refractivity contribution in [3.05, 3.63) is 0 Å². The van der Waals surface area contributed by atoms with E-state index in [1.165, 1.54) is 44.9 Å². The van der Waals surface area contributed by atoms with Crippen LogP contribution in [0.3, 0.4) is 0 Å². The molecule has 0 aromatic rings. The van der Waals surface area contributed by atoms with E-state index in [1.807, 2.05) is 0 Å². The molecule has 0 amide bonds. The minimum atomic E-state index is 0.542. The number of rotatable bonds is 5. The van der Waals surface area contributed by atoms with Gasteiger partial charge in [0.15, 0.2) is 0 Å². The number of hydrogen-bond donors (Lipinski definition) is 1. The van der Waals surface area contributed by atoms with Crippen molar-refractivity contribution >= 4 is 0 Å². The molecule has 1 N–H and O–H groups in total. The highest BCUT2D eigenvalue weighted by atomic mass is 16.5. The molecule has 2 aliphatic rings. The molecule has 0 radical (unpaired) electrons. The zero-order valence-corrected chi connectivity index (χ0v) is 9.30. The van der Waals surface area contributed by atoms with Gasteiger partial charge in [0.2, 0.25) is 0 Å². The summed E-state index contributed by atoms with van der Waals surface area (Å²) in [5, 5.41) is 3.44. The summed E-state index contributed by atoms with van der Waals surface area (Å²) in [4.78, 5) is 0. The zero-order valence-electron chi connectivity index (χ0n) is 9.30. The van der Waals surface area contributed by atoms with E-state index >= 15 is 0 Å². The molecule has 2 fully saturated rings. The lowest BCUT2D eigenvalue weighted by atomic mass is 9.98. The Kier molecular flexibility index (Phi) is 3.82. The van der Waals surface area contributed by atoms with Crippen LogP contribution in [0.4, 0.5) is 0 Å². The molecule has 0 aromatic heterocycles. The number of nitrogens with one attached hydrogen (secondary N) is 1. The largest absolute Gasteiger partial charge is 0.378 e. The smallest absolute Gasteiger partial charge is 0.0590 e. The Labute approximate surface area is 87.4 Å². The van der Waals surface area contributed by atoms with E-state index in [9.17, 15) is 0 Å². The Morgan fingerprint density at radius 3 is 2.64 bits per heavy atom. The number of ether oxygens (including phenoxy) is 1. The maximum Gasteiger partial charge on any atom is 0.0590 e. The zero-order chi connectivity index (χ0) is 9.80. The lowest BCUT2D eigenvalue weighted by Gasteiger charge is -2.26. The van der Waals surface area contributed by atoms with Gasteiger partial charge in [-0.2, -0.15) is 0 Å². The maximum atomic E-state index is 5.77. The molecular weight excluding hydrogens is 174 g/mol. The summed E-state index contributed by atoms with van der Waals surface area (Å²) in [6, 6.07) is 0.700. The van der Waals surface area contributed by atoms with Crippen molar-refractivity contribution in [1.29, 1.82) is 0 Å². The summed E-state index contributed by atoms with van der Waals surface area (Å²) >= 11 is 0. The van der Waals surface area contributed by atoms with Crippen molar-refractivity contribution in [2.75, 3.05) is 13.7 Å². The standard InChI is InChI=1S/C12H23NO/c1-13-11(8-10-5-6-10)9-12-4-2-3-7-14-12/h10-13H,2-9H2,1H3. The second-order valence-corrected chi connectivity index (χ2v) is 4.89. The molecule has 1 saturated heterocycles. The summed E-state index contributed by atoms with van der Waals surface area (Å²) < 4.78 is 5.77. The van der Waals surface area contributed by atoms with Crippen LogP contribution in [0.25, 0.3) is 0 Å². The fraction of sp³-hybridized carbons (Fsp3) is 1.00. The molecule has 14 heavy (non-hydrogen) atoms. The van der Waals surface area contributed by atoms with Crippen LogP contribution in [-0.2, 0) is 4.74 Å². The predicted octanol–water partition coefficient (Wildman–Crippen LogP) is 2.33. The second-order valence-electron chi connectivity index (χ2n) is 4.89. The lowest BCUT2D eigenvalue weighted by Crippen LogP contribution is -2.32. The minimum Gasteiger partial charge on any atom is -0.378 e. The Balaban J connectivity index is 1.68. The summed E-state index contributed by atoms with van der Waals surface area (Å²) in [5.41, 5.74) is 0. The summed E-state index contributed by atoms with van der Waals surface area (Å²) in [6.07, 6.45) is 9.98. The molecule has 2 heteroatoms. The van der Waals surface area contributed by atoms with Crippen molar-refractivity contribution in [1.82, 2.24) is 5.32 Å². The molecule has 1 saturated carbocycles. The van der Waals surface area contributed by atoms with Gasteiger partial charge in [-0.1, -0.05) is 12.8 Å². The first kappa shape index (κ1) is 10.4. The van der Waals surface area contributed by atoms with Crippen molar-refractivity contribution < 1.29 is 4.74 Å². The van der Waals surface area contributed by atoms with Gasteiger partial charge in [0.1, 0.15) is 0 Å². The monoisotopic (exact) mass is 197 g/mol. The van der Waals surface area contributed by atoms with Gasteiger partial charge < -0.3 is 10.1 Å². The molecule has 2 rings (SSSR count). The van der Waals surface area contributed by atoms with E-state index in [-0.39, 0.29) is 0 Å². The van der Waals surface area contributed by atoms with Gasteiger partial charge >= 0.3 is 0 Å². The average Bonchev–Trinajstić information content (AvgIpc) is 3.02. The van der Waals surface area contributed by atoms with E-state index in [1.54, 1.807) is 0 Å². The molecular formula is C12H23NO. The third-order valence-corrected chi connectivity index (χ3v) is 3.54. The molecule has 1 aliphatic carbocycles. The van der Waals surface area contributed by atoms with Gasteiger partial charge in [0.25, 0.3) is 0 Å². The molecule has 2 atom stereocenters. The van der Waals surface area contributed by atoms with Crippen LogP contribution in [0, 0.1) is 5.92 Å². The van der Waals surface area contributed by atoms with Crippen molar-refractivity contribution in [2.45, 2.75) is 57.1 Å². The van der Waals surface area contributed by atoms with Gasteiger partial charge in [0.05, 0.1) is 6.10 Å². The van der Waals surface area contributed by atoms with Gasteiger partial charge in [-0.15, -0.1) is 0 Å². The van der Waals surface area contributed by atoms with Crippen molar-refractivity contribution in [3.8, 4) is 0 Å². The Hall–Kier alpha value is -0.0800. The normalized spacial score (nSPS) is 30.2. The van der Waals surface area contributed by atoms with Gasteiger partial charge in [-0.3, -0.25) is 0 Å². The molecule has 1 heterocycles. The fourth-order valence-corrected chi connectivity index (χ4v) is 2.40. The topological polar surface area (TPSA) is 21.3 Å². The summed E-state index contributed by atoms with van der Waals surface area (Å²) in [7, 11) is 2.09. The van der Waals surface area contributed by atoms with Crippen LogP contribution in [0.5, 0.6) is 0 Å². The van der Waals surface area contributed by atoms with Crippen LogP contribution in [0.1, 0.15) is 44.9 Å². The Morgan fingerprint density at radius 1 is 1.21 bits per heavy atom. The fourth-order valence-electron chi connectivity index (χ4n) is 2.40. The first-order valence-corrected chi connectivity index (χ1v) is 6.17. The minimum absolute atomic E-state index is 0.542. The quantitative estimate of drug-likeness (QED) is 0.730. The highest BCUT2D eigenvalue weighted by molar-refractivity contribution is 4.81. The third kappa shape index (κ3) is 3.25.